The molecule has 0 radical (unpaired) electrons. The van der Waals surface area contributed by atoms with Crippen molar-refractivity contribution in [3.05, 3.63) is 33.9 Å². The van der Waals surface area contributed by atoms with E-state index in [0.29, 0.717) is 23.8 Å². The standard InChI is InChI=1S/C17H24N4O3.ClH/c18-10-12-3-1-2-4-14(12)20-17(22)11-5-8-15(19-13-6-7-13)16(9-11)21(23)24;/h5,8-9,12-14,19H,1-4,6-7,10,18H2,(H,20,22);1H. The molecule has 0 bridgehead atoms. The monoisotopic (exact) mass is 368 g/mol. The average Bonchev–Trinajstić information content (AvgIpc) is 3.39. The van der Waals surface area contributed by atoms with Crippen molar-refractivity contribution >= 4 is 29.7 Å². The number of carbonyl (C=O) groups excluding carboxylic acids is 1. The van der Waals surface area contributed by atoms with E-state index in [1.165, 1.54) is 6.07 Å². The highest BCUT2D eigenvalue weighted by Crippen LogP contribution is 2.32. The second-order valence-electron chi connectivity index (χ2n) is 6.77. The van der Waals surface area contributed by atoms with Gasteiger partial charge in [0.25, 0.3) is 11.6 Å². The number of nitro benzene ring substituents is 1. The van der Waals surface area contributed by atoms with Gasteiger partial charge in [0.05, 0.1) is 4.92 Å². The van der Waals surface area contributed by atoms with Gasteiger partial charge in [0.15, 0.2) is 0 Å². The summed E-state index contributed by atoms with van der Waals surface area (Å²) in [5.41, 5.74) is 6.55. The maximum Gasteiger partial charge on any atom is 0.293 e. The zero-order valence-electron chi connectivity index (χ0n) is 14.1. The molecule has 2 fully saturated rings. The Morgan fingerprint density at radius 3 is 2.60 bits per heavy atom. The average molecular weight is 369 g/mol. The molecule has 1 amide bonds. The van der Waals surface area contributed by atoms with Crippen LogP contribution in [0.25, 0.3) is 0 Å². The first-order valence-corrected chi connectivity index (χ1v) is 8.64. The van der Waals surface area contributed by atoms with Crippen molar-refractivity contribution in [2.24, 2.45) is 11.7 Å². The molecule has 0 heterocycles. The van der Waals surface area contributed by atoms with E-state index < -0.39 is 4.92 Å². The Hall–Kier alpha value is -1.86. The summed E-state index contributed by atoms with van der Waals surface area (Å²) in [6.45, 7) is 0.551. The highest BCUT2D eigenvalue weighted by atomic mass is 35.5. The normalized spacial score (nSPS) is 22.6. The van der Waals surface area contributed by atoms with E-state index in [1.807, 2.05) is 0 Å². The number of nitrogens with zero attached hydrogens (tertiary/aromatic N) is 1. The van der Waals surface area contributed by atoms with E-state index >= 15 is 0 Å². The van der Waals surface area contributed by atoms with Crippen molar-refractivity contribution in [1.29, 1.82) is 0 Å². The molecule has 2 aliphatic rings. The molecule has 138 valence electrons. The van der Waals surface area contributed by atoms with Crippen LogP contribution in [-0.4, -0.2) is 29.5 Å². The van der Waals surface area contributed by atoms with E-state index in [-0.39, 0.29) is 36.0 Å². The molecule has 2 unspecified atom stereocenters. The minimum absolute atomic E-state index is 0. The van der Waals surface area contributed by atoms with Crippen LogP contribution in [0.2, 0.25) is 0 Å². The van der Waals surface area contributed by atoms with Gasteiger partial charge in [-0.15, -0.1) is 12.4 Å². The van der Waals surface area contributed by atoms with Gasteiger partial charge in [0, 0.05) is 23.7 Å². The molecule has 2 atom stereocenters. The molecule has 1 aromatic rings. The fourth-order valence-corrected chi connectivity index (χ4v) is 3.33. The number of carbonyl (C=O) groups is 1. The van der Waals surface area contributed by atoms with Crippen LogP contribution >= 0.6 is 12.4 Å². The lowest BCUT2D eigenvalue weighted by Crippen LogP contribution is -2.44. The first-order valence-electron chi connectivity index (χ1n) is 8.64. The molecule has 3 rings (SSSR count). The van der Waals surface area contributed by atoms with Gasteiger partial charge in [-0.05, 0) is 50.3 Å². The Balaban J connectivity index is 0.00000225. The summed E-state index contributed by atoms with van der Waals surface area (Å²) in [4.78, 5) is 23.4. The molecule has 7 nitrogen and oxygen atoms in total. The molecule has 2 saturated carbocycles. The Morgan fingerprint density at radius 1 is 1.24 bits per heavy atom. The molecule has 0 aliphatic heterocycles. The van der Waals surface area contributed by atoms with E-state index in [0.717, 1.165) is 38.5 Å². The quantitative estimate of drug-likeness (QED) is 0.528. The third-order valence-electron chi connectivity index (χ3n) is 4.92. The lowest BCUT2D eigenvalue weighted by molar-refractivity contribution is -0.384. The van der Waals surface area contributed by atoms with Crippen LogP contribution in [0, 0.1) is 16.0 Å². The van der Waals surface area contributed by atoms with Crippen LogP contribution in [0.5, 0.6) is 0 Å². The SMILES string of the molecule is Cl.NCC1CCCCC1NC(=O)c1ccc(NC2CC2)c([N+](=O)[O-])c1. The van der Waals surface area contributed by atoms with Crippen molar-refractivity contribution in [3.63, 3.8) is 0 Å². The van der Waals surface area contributed by atoms with Crippen molar-refractivity contribution in [3.8, 4) is 0 Å². The minimum Gasteiger partial charge on any atom is -0.377 e. The van der Waals surface area contributed by atoms with Crippen LogP contribution < -0.4 is 16.4 Å². The van der Waals surface area contributed by atoms with Gasteiger partial charge in [0.1, 0.15) is 5.69 Å². The van der Waals surface area contributed by atoms with Crippen molar-refractivity contribution in [1.82, 2.24) is 5.32 Å². The van der Waals surface area contributed by atoms with E-state index in [4.69, 9.17) is 5.73 Å². The van der Waals surface area contributed by atoms with Crippen molar-refractivity contribution in [2.45, 2.75) is 50.6 Å². The first-order chi connectivity index (χ1) is 11.6. The number of benzene rings is 1. The number of nitrogens with one attached hydrogen (secondary N) is 2. The zero-order valence-corrected chi connectivity index (χ0v) is 14.9. The summed E-state index contributed by atoms with van der Waals surface area (Å²) in [5.74, 6) is 0.0231. The Bertz CT molecular complexity index is 636. The summed E-state index contributed by atoms with van der Waals surface area (Å²) in [6, 6.07) is 5.01. The van der Waals surface area contributed by atoms with Crippen LogP contribution in [0.15, 0.2) is 18.2 Å². The minimum atomic E-state index is -0.440. The van der Waals surface area contributed by atoms with Crippen molar-refractivity contribution < 1.29 is 9.72 Å². The molecule has 25 heavy (non-hydrogen) atoms. The molecule has 4 N–H and O–H groups in total. The van der Waals surface area contributed by atoms with E-state index in [1.54, 1.807) is 12.1 Å². The molecular formula is C17H25ClN4O3. The second-order valence-corrected chi connectivity index (χ2v) is 6.77. The van der Waals surface area contributed by atoms with Gasteiger partial charge < -0.3 is 16.4 Å². The van der Waals surface area contributed by atoms with Crippen LogP contribution in [0.1, 0.15) is 48.9 Å². The number of nitrogens with two attached hydrogens (primary N) is 1. The molecule has 2 aliphatic carbocycles. The van der Waals surface area contributed by atoms with Crippen LogP contribution in [0.3, 0.4) is 0 Å². The highest BCUT2D eigenvalue weighted by Gasteiger charge is 2.28. The second kappa shape index (κ2) is 8.49. The number of amides is 1. The predicted octanol–water partition coefficient (Wildman–Crippen LogP) is 2.84. The van der Waals surface area contributed by atoms with Gasteiger partial charge in [-0.1, -0.05) is 12.8 Å². The summed E-state index contributed by atoms with van der Waals surface area (Å²) in [7, 11) is 0. The smallest absolute Gasteiger partial charge is 0.293 e. The Morgan fingerprint density at radius 2 is 1.96 bits per heavy atom. The molecule has 0 spiro atoms. The number of hydrogen-bond acceptors (Lipinski definition) is 5. The van der Waals surface area contributed by atoms with Gasteiger partial charge in [-0.25, -0.2) is 0 Å². The maximum absolute atomic E-state index is 12.5. The number of nitro groups is 1. The zero-order chi connectivity index (χ0) is 17.1. The van der Waals surface area contributed by atoms with Crippen molar-refractivity contribution in [2.75, 3.05) is 11.9 Å². The summed E-state index contributed by atoms with van der Waals surface area (Å²) >= 11 is 0. The van der Waals surface area contributed by atoms with Crippen LogP contribution in [-0.2, 0) is 0 Å². The van der Waals surface area contributed by atoms with Crippen LogP contribution in [0.4, 0.5) is 11.4 Å². The molecular weight excluding hydrogens is 344 g/mol. The highest BCUT2D eigenvalue weighted by molar-refractivity contribution is 5.96. The molecule has 8 heteroatoms. The van der Waals surface area contributed by atoms with E-state index in [9.17, 15) is 14.9 Å². The summed E-state index contributed by atoms with van der Waals surface area (Å²) in [5, 5.41) is 17.5. The van der Waals surface area contributed by atoms with Gasteiger partial charge in [-0.3, -0.25) is 14.9 Å². The van der Waals surface area contributed by atoms with Gasteiger partial charge in [-0.2, -0.15) is 0 Å². The predicted molar refractivity (Wildman–Crippen MR) is 99.3 cm³/mol. The first kappa shape index (κ1) is 19.5. The van der Waals surface area contributed by atoms with Gasteiger partial charge in [0.2, 0.25) is 0 Å². The fraction of sp³-hybridized carbons (Fsp3) is 0.588. The Labute approximate surface area is 153 Å². The van der Waals surface area contributed by atoms with E-state index in [2.05, 4.69) is 10.6 Å². The largest absolute Gasteiger partial charge is 0.377 e. The molecule has 0 aromatic heterocycles. The number of anilines is 1. The number of halogens is 1. The lowest BCUT2D eigenvalue weighted by atomic mass is 9.84. The van der Waals surface area contributed by atoms with Gasteiger partial charge >= 0.3 is 0 Å². The lowest BCUT2D eigenvalue weighted by Gasteiger charge is -2.31. The maximum atomic E-state index is 12.5. The third kappa shape index (κ3) is 4.83. The third-order valence-corrected chi connectivity index (χ3v) is 4.92. The molecule has 1 aromatic carbocycles. The topological polar surface area (TPSA) is 110 Å². The number of hydrogen-bond donors (Lipinski definition) is 3. The molecule has 0 saturated heterocycles. The number of rotatable bonds is 6. The summed E-state index contributed by atoms with van der Waals surface area (Å²) < 4.78 is 0. The fourth-order valence-electron chi connectivity index (χ4n) is 3.33. The summed E-state index contributed by atoms with van der Waals surface area (Å²) in [6.07, 6.45) is 6.21. The Kier molecular flexibility index (Phi) is 6.61.